The number of nitrogens with zero attached hydrogens (tertiary/aromatic N) is 2. The predicted molar refractivity (Wildman–Crippen MR) is 106 cm³/mol. The van der Waals surface area contributed by atoms with Crippen LogP contribution in [0, 0.1) is 0 Å². The van der Waals surface area contributed by atoms with Gasteiger partial charge in [-0.25, -0.2) is 0 Å². The lowest BCUT2D eigenvalue weighted by Crippen LogP contribution is -2.38. The highest BCUT2D eigenvalue weighted by atomic mass is 16.2. The summed E-state index contributed by atoms with van der Waals surface area (Å²) in [6.07, 6.45) is 5.57. The summed E-state index contributed by atoms with van der Waals surface area (Å²) in [5.41, 5.74) is 5.00. The summed E-state index contributed by atoms with van der Waals surface area (Å²) in [5.74, 6) is 0.887. The number of likely N-dealkylation sites (tertiary alicyclic amines) is 1. The second-order valence-corrected chi connectivity index (χ2v) is 7.37. The molecule has 0 saturated carbocycles. The first-order valence-electron chi connectivity index (χ1n) is 9.76. The SMILES string of the molecule is O=C(CCC1=Nc2ccccc2CC1)N1CCC(c2ccccc2)CC1. The second-order valence-electron chi connectivity index (χ2n) is 7.37. The number of carbonyl (C=O) groups is 1. The maximum Gasteiger partial charge on any atom is 0.222 e. The number of rotatable bonds is 4. The van der Waals surface area contributed by atoms with Crippen molar-refractivity contribution in [2.75, 3.05) is 13.1 Å². The zero-order valence-corrected chi connectivity index (χ0v) is 15.2. The molecule has 0 unspecified atom stereocenters. The van der Waals surface area contributed by atoms with Crippen molar-refractivity contribution in [3.8, 4) is 0 Å². The Kier molecular flexibility index (Phi) is 5.14. The first kappa shape index (κ1) is 17.0. The van der Waals surface area contributed by atoms with E-state index in [9.17, 15) is 4.79 Å². The molecule has 1 saturated heterocycles. The average molecular weight is 346 g/mol. The monoisotopic (exact) mass is 346 g/mol. The van der Waals surface area contributed by atoms with Crippen molar-refractivity contribution < 1.29 is 4.79 Å². The summed E-state index contributed by atoms with van der Waals surface area (Å²) in [7, 11) is 0. The summed E-state index contributed by atoms with van der Waals surface area (Å²) < 4.78 is 0. The quantitative estimate of drug-likeness (QED) is 0.775. The third-order valence-electron chi connectivity index (χ3n) is 5.70. The van der Waals surface area contributed by atoms with Gasteiger partial charge >= 0.3 is 0 Å². The minimum atomic E-state index is 0.290. The smallest absolute Gasteiger partial charge is 0.222 e. The van der Waals surface area contributed by atoms with E-state index in [1.54, 1.807) is 0 Å². The summed E-state index contributed by atoms with van der Waals surface area (Å²) in [5, 5.41) is 0. The van der Waals surface area contributed by atoms with Crippen LogP contribution in [0.3, 0.4) is 0 Å². The van der Waals surface area contributed by atoms with Gasteiger partial charge in [0, 0.05) is 25.2 Å². The highest BCUT2D eigenvalue weighted by molar-refractivity contribution is 5.92. The fraction of sp³-hybridized carbons (Fsp3) is 0.391. The maximum absolute atomic E-state index is 12.6. The predicted octanol–water partition coefficient (Wildman–Crippen LogP) is 4.89. The molecule has 0 N–H and O–H groups in total. The molecule has 0 atom stereocenters. The standard InChI is InChI=1S/C23H26N2O/c26-23(13-12-21-11-10-20-8-4-5-9-22(20)24-21)25-16-14-19(15-17-25)18-6-2-1-3-7-18/h1-9,19H,10-17H2. The minimum absolute atomic E-state index is 0.290. The summed E-state index contributed by atoms with van der Waals surface area (Å²) in [6, 6.07) is 19.0. The maximum atomic E-state index is 12.6. The first-order chi connectivity index (χ1) is 12.8. The number of hydrogen-bond acceptors (Lipinski definition) is 2. The number of piperidine rings is 1. The summed E-state index contributed by atoms with van der Waals surface area (Å²) in [6.45, 7) is 1.77. The van der Waals surface area contributed by atoms with Gasteiger partial charge in [-0.15, -0.1) is 0 Å². The fourth-order valence-electron chi connectivity index (χ4n) is 4.11. The lowest BCUT2D eigenvalue weighted by Gasteiger charge is -2.32. The average Bonchev–Trinajstić information content (AvgIpc) is 2.72. The van der Waals surface area contributed by atoms with Gasteiger partial charge in [0.25, 0.3) is 0 Å². The van der Waals surface area contributed by atoms with Gasteiger partial charge in [0.15, 0.2) is 0 Å². The Morgan fingerprint density at radius 1 is 0.962 bits per heavy atom. The Balaban J connectivity index is 1.28. The summed E-state index contributed by atoms with van der Waals surface area (Å²) in [4.78, 5) is 19.4. The van der Waals surface area contributed by atoms with Crippen molar-refractivity contribution in [2.45, 2.75) is 44.4 Å². The van der Waals surface area contributed by atoms with Crippen LogP contribution in [0.4, 0.5) is 5.69 Å². The van der Waals surface area contributed by atoms with Crippen molar-refractivity contribution in [3.63, 3.8) is 0 Å². The van der Waals surface area contributed by atoms with Gasteiger partial charge in [0.2, 0.25) is 5.91 Å². The van der Waals surface area contributed by atoms with Crippen LogP contribution in [0.1, 0.15) is 49.1 Å². The topological polar surface area (TPSA) is 32.7 Å². The molecule has 3 nitrogen and oxygen atoms in total. The highest BCUT2D eigenvalue weighted by Crippen LogP contribution is 2.29. The minimum Gasteiger partial charge on any atom is -0.343 e. The molecule has 2 heterocycles. The molecule has 3 heteroatoms. The molecule has 2 aliphatic rings. The van der Waals surface area contributed by atoms with Gasteiger partial charge in [-0.1, -0.05) is 48.5 Å². The van der Waals surface area contributed by atoms with Gasteiger partial charge in [-0.2, -0.15) is 0 Å². The van der Waals surface area contributed by atoms with Crippen molar-refractivity contribution in [3.05, 3.63) is 65.7 Å². The van der Waals surface area contributed by atoms with E-state index in [-0.39, 0.29) is 5.91 Å². The van der Waals surface area contributed by atoms with E-state index in [1.165, 1.54) is 16.8 Å². The van der Waals surface area contributed by atoms with E-state index >= 15 is 0 Å². The molecular weight excluding hydrogens is 320 g/mol. The third-order valence-corrected chi connectivity index (χ3v) is 5.70. The van der Waals surface area contributed by atoms with Crippen molar-refractivity contribution in [2.24, 2.45) is 4.99 Å². The van der Waals surface area contributed by atoms with E-state index < -0.39 is 0 Å². The molecule has 0 aliphatic carbocycles. The highest BCUT2D eigenvalue weighted by Gasteiger charge is 2.24. The van der Waals surface area contributed by atoms with E-state index in [4.69, 9.17) is 4.99 Å². The van der Waals surface area contributed by atoms with Gasteiger partial charge in [-0.3, -0.25) is 9.79 Å². The van der Waals surface area contributed by atoms with Crippen LogP contribution >= 0.6 is 0 Å². The van der Waals surface area contributed by atoms with Crippen LogP contribution in [-0.4, -0.2) is 29.6 Å². The molecule has 0 bridgehead atoms. The van der Waals surface area contributed by atoms with Gasteiger partial charge in [-0.05, 0) is 55.2 Å². The van der Waals surface area contributed by atoms with Crippen molar-refractivity contribution >= 4 is 17.3 Å². The molecule has 2 aromatic carbocycles. The lowest BCUT2D eigenvalue weighted by molar-refractivity contribution is -0.132. The number of amides is 1. The molecule has 26 heavy (non-hydrogen) atoms. The molecule has 1 fully saturated rings. The Labute approximate surface area is 155 Å². The van der Waals surface area contributed by atoms with Crippen LogP contribution in [0.15, 0.2) is 59.6 Å². The number of aliphatic imine (C=N–C) groups is 1. The van der Waals surface area contributed by atoms with Crippen LogP contribution in [0.5, 0.6) is 0 Å². The van der Waals surface area contributed by atoms with Crippen LogP contribution in [0.25, 0.3) is 0 Å². The molecule has 2 aromatic rings. The molecule has 0 spiro atoms. The zero-order chi connectivity index (χ0) is 17.8. The zero-order valence-electron chi connectivity index (χ0n) is 15.2. The Hall–Kier alpha value is -2.42. The van der Waals surface area contributed by atoms with E-state index in [0.29, 0.717) is 12.3 Å². The second kappa shape index (κ2) is 7.86. The Morgan fingerprint density at radius 2 is 1.69 bits per heavy atom. The molecule has 2 aliphatic heterocycles. The normalized spacial score (nSPS) is 17.5. The number of benzene rings is 2. The molecule has 0 radical (unpaired) electrons. The molecular formula is C23H26N2O. The summed E-state index contributed by atoms with van der Waals surface area (Å²) >= 11 is 0. The van der Waals surface area contributed by atoms with Crippen molar-refractivity contribution in [1.29, 1.82) is 0 Å². The van der Waals surface area contributed by atoms with Crippen LogP contribution in [0.2, 0.25) is 0 Å². The first-order valence-corrected chi connectivity index (χ1v) is 9.76. The molecule has 0 aromatic heterocycles. The number of carbonyl (C=O) groups excluding carboxylic acids is 1. The number of aryl methyl sites for hydroxylation is 1. The molecule has 1 amide bonds. The van der Waals surface area contributed by atoms with E-state index in [0.717, 1.165) is 50.9 Å². The Morgan fingerprint density at radius 3 is 2.50 bits per heavy atom. The van der Waals surface area contributed by atoms with Crippen molar-refractivity contribution in [1.82, 2.24) is 4.90 Å². The lowest BCUT2D eigenvalue weighted by atomic mass is 9.89. The number of hydrogen-bond donors (Lipinski definition) is 0. The third kappa shape index (κ3) is 3.87. The van der Waals surface area contributed by atoms with Crippen LogP contribution in [-0.2, 0) is 11.2 Å². The van der Waals surface area contributed by atoms with Gasteiger partial charge in [0.05, 0.1) is 5.69 Å². The van der Waals surface area contributed by atoms with Gasteiger partial charge < -0.3 is 4.90 Å². The van der Waals surface area contributed by atoms with Gasteiger partial charge in [0.1, 0.15) is 0 Å². The number of fused-ring (bicyclic) bond motifs is 1. The Bertz CT molecular complexity index is 789. The van der Waals surface area contributed by atoms with E-state index in [1.807, 2.05) is 6.07 Å². The number of para-hydroxylation sites is 1. The van der Waals surface area contributed by atoms with Crippen LogP contribution < -0.4 is 0 Å². The largest absolute Gasteiger partial charge is 0.343 e. The fourth-order valence-corrected chi connectivity index (χ4v) is 4.11. The molecule has 4 rings (SSSR count). The molecule has 134 valence electrons. The van der Waals surface area contributed by atoms with E-state index in [2.05, 4.69) is 53.4 Å².